The van der Waals surface area contributed by atoms with E-state index in [1.807, 2.05) is 67.9 Å². The van der Waals surface area contributed by atoms with Crippen LogP contribution < -0.4 is 0 Å². The first-order chi connectivity index (χ1) is 12.5. The van der Waals surface area contributed by atoms with Gasteiger partial charge in [0.2, 0.25) is 0 Å². The van der Waals surface area contributed by atoms with Crippen LogP contribution in [-0.4, -0.2) is 57.9 Å². The Labute approximate surface area is 153 Å². The fourth-order valence-electron chi connectivity index (χ4n) is 2.85. The summed E-state index contributed by atoms with van der Waals surface area (Å²) in [4.78, 5) is 17.0. The number of fused-ring (bicyclic) bond motifs is 1. The standard InChI is InChI=1S/C19H25N5O2/c1-5-24-18-9-7-15(12-17(18)20-21-24)19(25)23(11-10-22(3)4)13-16-8-6-14(2)26-16/h6-9,12H,5,10-11,13H2,1-4H3. The predicted molar refractivity (Wildman–Crippen MR) is 99.9 cm³/mol. The third kappa shape index (κ3) is 3.94. The molecule has 2 aromatic heterocycles. The van der Waals surface area contributed by atoms with E-state index in [1.165, 1.54) is 0 Å². The summed E-state index contributed by atoms with van der Waals surface area (Å²) in [6.45, 7) is 6.50. The average molecular weight is 355 g/mol. The van der Waals surface area contributed by atoms with Crippen molar-refractivity contribution in [3.05, 3.63) is 47.4 Å². The number of nitrogens with zero attached hydrogens (tertiary/aromatic N) is 5. The van der Waals surface area contributed by atoms with Gasteiger partial charge in [-0.1, -0.05) is 5.21 Å². The van der Waals surface area contributed by atoms with Crippen LogP contribution in [0.15, 0.2) is 34.7 Å². The third-order valence-corrected chi connectivity index (χ3v) is 4.31. The lowest BCUT2D eigenvalue weighted by Gasteiger charge is -2.23. The summed E-state index contributed by atoms with van der Waals surface area (Å²) in [5.74, 6) is 1.60. The molecule has 0 aliphatic rings. The summed E-state index contributed by atoms with van der Waals surface area (Å²) in [5.41, 5.74) is 2.28. The van der Waals surface area contributed by atoms with Gasteiger partial charge >= 0.3 is 0 Å². The number of hydrogen-bond donors (Lipinski definition) is 0. The minimum Gasteiger partial charge on any atom is -0.464 e. The molecule has 138 valence electrons. The molecule has 7 heteroatoms. The first kappa shape index (κ1) is 18.1. The molecule has 3 rings (SSSR count). The summed E-state index contributed by atoms with van der Waals surface area (Å²) < 4.78 is 7.48. The summed E-state index contributed by atoms with van der Waals surface area (Å²) >= 11 is 0. The van der Waals surface area contributed by atoms with Gasteiger partial charge in [0.05, 0.1) is 12.1 Å². The Kier molecular flexibility index (Phi) is 5.37. The Morgan fingerprint density at radius 1 is 1.19 bits per heavy atom. The third-order valence-electron chi connectivity index (χ3n) is 4.31. The lowest BCUT2D eigenvalue weighted by molar-refractivity contribution is 0.0719. The highest BCUT2D eigenvalue weighted by atomic mass is 16.3. The number of hydrogen-bond acceptors (Lipinski definition) is 5. The average Bonchev–Trinajstić information content (AvgIpc) is 3.22. The van der Waals surface area contributed by atoms with Crippen LogP contribution in [0.3, 0.4) is 0 Å². The maximum Gasteiger partial charge on any atom is 0.254 e. The van der Waals surface area contributed by atoms with Gasteiger partial charge in [-0.2, -0.15) is 0 Å². The normalized spacial score (nSPS) is 11.4. The Hall–Kier alpha value is -2.67. The molecule has 0 spiro atoms. The number of rotatable bonds is 7. The van der Waals surface area contributed by atoms with Crippen LogP contribution in [0.5, 0.6) is 0 Å². The number of carbonyl (C=O) groups is 1. The maximum absolute atomic E-state index is 13.1. The lowest BCUT2D eigenvalue weighted by atomic mass is 10.1. The van der Waals surface area contributed by atoms with Crippen molar-refractivity contribution in [3.63, 3.8) is 0 Å². The van der Waals surface area contributed by atoms with Crippen molar-refractivity contribution in [1.82, 2.24) is 24.8 Å². The van der Waals surface area contributed by atoms with Crippen molar-refractivity contribution in [2.75, 3.05) is 27.2 Å². The first-order valence-corrected chi connectivity index (χ1v) is 8.80. The van der Waals surface area contributed by atoms with Gasteiger partial charge in [-0.15, -0.1) is 5.10 Å². The van der Waals surface area contributed by atoms with E-state index in [4.69, 9.17) is 4.42 Å². The van der Waals surface area contributed by atoms with Crippen molar-refractivity contribution in [2.24, 2.45) is 0 Å². The van der Waals surface area contributed by atoms with Crippen molar-refractivity contribution in [2.45, 2.75) is 26.9 Å². The fraction of sp³-hybridized carbons (Fsp3) is 0.421. The Morgan fingerprint density at radius 2 is 2.00 bits per heavy atom. The molecule has 1 aromatic carbocycles. The summed E-state index contributed by atoms with van der Waals surface area (Å²) in [5, 5.41) is 8.28. The van der Waals surface area contributed by atoms with E-state index in [0.29, 0.717) is 18.7 Å². The number of furan rings is 1. The molecule has 0 atom stereocenters. The van der Waals surface area contributed by atoms with Gasteiger partial charge in [0.25, 0.3) is 5.91 Å². The van der Waals surface area contributed by atoms with E-state index in [2.05, 4.69) is 15.2 Å². The predicted octanol–water partition coefficient (Wildman–Crippen LogP) is 2.56. The molecule has 0 fully saturated rings. The molecule has 0 aliphatic carbocycles. The van der Waals surface area contributed by atoms with Crippen molar-refractivity contribution in [3.8, 4) is 0 Å². The molecular weight excluding hydrogens is 330 g/mol. The van der Waals surface area contributed by atoms with Gasteiger partial charge in [-0.25, -0.2) is 4.68 Å². The Bertz CT molecular complexity index is 896. The molecule has 2 heterocycles. The molecule has 0 saturated heterocycles. The minimum absolute atomic E-state index is 0.0335. The van der Waals surface area contributed by atoms with Gasteiger partial charge in [0, 0.05) is 25.2 Å². The molecule has 0 radical (unpaired) electrons. The topological polar surface area (TPSA) is 67.4 Å². The number of likely N-dealkylation sites (N-methyl/N-ethyl adjacent to an activating group) is 1. The van der Waals surface area contributed by atoms with Gasteiger partial charge in [0.1, 0.15) is 17.0 Å². The molecule has 0 aliphatic heterocycles. The number of benzene rings is 1. The lowest BCUT2D eigenvalue weighted by Crippen LogP contribution is -2.36. The zero-order chi connectivity index (χ0) is 18.7. The van der Waals surface area contributed by atoms with E-state index in [-0.39, 0.29) is 5.91 Å². The number of aryl methyl sites for hydroxylation is 2. The van der Waals surface area contributed by atoms with Gasteiger partial charge in [-0.05, 0) is 58.3 Å². The molecule has 0 bridgehead atoms. The van der Waals surface area contributed by atoms with E-state index in [9.17, 15) is 4.79 Å². The van der Waals surface area contributed by atoms with Crippen molar-refractivity contribution >= 4 is 16.9 Å². The highest BCUT2D eigenvalue weighted by molar-refractivity contribution is 5.97. The summed E-state index contributed by atoms with van der Waals surface area (Å²) in [6.07, 6.45) is 0. The van der Waals surface area contributed by atoms with E-state index < -0.39 is 0 Å². The molecule has 7 nitrogen and oxygen atoms in total. The summed E-state index contributed by atoms with van der Waals surface area (Å²) in [7, 11) is 3.99. The molecule has 0 saturated carbocycles. The van der Waals surface area contributed by atoms with E-state index in [0.717, 1.165) is 35.6 Å². The summed E-state index contributed by atoms with van der Waals surface area (Å²) in [6, 6.07) is 9.40. The molecular formula is C19H25N5O2. The molecule has 0 unspecified atom stereocenters. The maximum atomic E-state index is 13.1. The molecule has 26 heavy (non-hydrogen) atoms. The minimum atomic E-state index is -0.0335. The number of aromatic nitrogens is 3. The van der Waals surface area contributed by atoms with Crippen LogP contribution >= 0.6 is 0 Å². The van der Waals surface area contributed by atoms with Crippen LogP contribution in [0, 0.1) is 6.92 Å². The van der Waals surface area contributed by atoms with Crippen LogP contribution in [-0.2, 0) is 13.1 Å². The van der Waals surface area contributed by atoms with Gasteiger partial charge < -0.3 is 14.2 Å². The van der Waals surface area contributed by atoms with Gasteiger partial charge in [-0.3, -0.25) is 4.79 Å². The van der Waals surface area contributed by atoms with E-state index in [1.54, 1.807) is 0 Å². The van der Waals surface area contributed by atoms with Crippen LogP contribution in [0.2, 0.25) is 0 Å². The molecule has 3 aromatic rings. The highest BCUT2D eigenvalue weighted by Crippen LogP contribution is 2.17. The second kappa shape index (κ2) is 7.70. The Morgan fingerprint density at radius 3 is 2.65 bits per heavy atom. The number of carbonyl (C=O) groups excluding carboxylic acids is 1. The number of amides is 1. The largest absolute Gasteiger partial charge is 0.464 e. The van der Waals surface area contributed by atoms with Crippen molar-refractivity contribution in [1.29, 1.82) is 0 Å². The monoisotopic (exact) mass is 355 g/mol. The fourth-order valence-corrected chi connectivity index (χ4v) is 2.85. The van der Waals surface area contributed by atoms with Crippen LogP contribution in [0.1, 0.15) is 28.8 Å². The van der Waals surface area contributed by atoms with Crippen LogP contribution in [0.25, 0.3) is 11.0 Å². The SMILES string of the molecule is CCn1nnc2cc(C(=O)N(CCN(C)C)Cc3ccc(C)o3)ccc21. The zero-order valence-electron chi connectivity index (χ0n) is 15.8. The Balaban J connectivity index is 1.85. The quantitative estimate of drug-likeness (QED) is 0.652. The highest BCUT2D eigenvalue weighted by Gasteiger charge is 2.19. The second-order valence-electron chi connectivity index (χ2n) is 6.65. The van der Waals surface area contributed by atoms with E-state index >= 15 is 0 Å². The van der Waals surface area contributed by atoms with Crippen molar-refractivity contribution < 1.29 is 9.21 Å². The van der Waals surface area contributed by atoms with Crippen LogP contribution in [0.4, 0.5) is 0 Å². The molecule has 1 amide bonds. The van der Waals surface area contributed by atoms with Gasteiger partial charge in [0.15, 0.2) is 0 Å². The zero-order valence-corrected chi connectivity index (χ0v) is 15.8. The second-order valence-corrected chi connectivity index (χ2v) is 6.65. The first-order valence-electron chi connectivity index (χ1n) is 8.80. The molecule has 0 N–H and O–H groups in total. The smallest absolute Gasteiger partial charge is 0.254 e.